The van der Waals surface area contributed by atoms with E-state index in [1.165, 1.54) is 0 Å². The minimum absolute atomic E-state index is 0.384. The molecule has 0 heterocycles. The Morgan fingerprint density at radius 2 is 0.800 bits per heavy atom. The summed E-state index contributed by atoms with van der Waals surface area (Å²) in [5.74, 6) is 0. The Hall–Kier alpha value is -0.420. The van der Waals surface area contributed by atoms with Gasteiger partial charge in [-0.1, -0.05) is 6.58 Å². The summed E-state index contributed by atoms with van der Waals surface area (Å²) >= 11 is 0. The third-order valence-electron chi connectivity index (χ3n) is 2.45. The summed E-state index contributed by atoms with van der Waals surface area (Å²) < 4.78 is 0. The van der Waals surface area contributed by atoms with Crippen molar-refractivity contribution in [3.63, 3.8) is 0 Å². The normalized spacial score (nSPS) is 14.5. The zero-order valence-corrected chi connectivity index (χ0v) is 14.8. The minimum Gasteiger partial charge on any atom is -0.230 e. The van der Waals surface area contributed by atoms with Gasteiger partial charge >= 0.3 is 0 Å². The molecule has 0 unspecified atom stereocenters. The largest absolute Gasteiger partial charge is 0.230 e. The lowest BCUT2D eigenvalue weighted by atomic mass is 9.87. The van der Waals surface area contributed by atoms with Gasteiger partial charge in [0.1, 0.15) is 11.2 Å². The van der Waals surface area contributed by atoms with Crippen LogP contribution in [0.25, 0.3) is 0 Å². The lowest BCUT2D eigenvalue weighted by Gasteiger charge is -2.38. The maximum Gasteiger partial charge on any atom is 0.121 e. The molecular formula is C16H32O4. The van der Waals surface area contributed by atoms with Gasteiger partial charge in [0, 0.05) is 0 Å². The Labute approximate surface area is 124 Å². The van der Waals surface area contributed by atoms with E-state index in [0.29, 0.717) is 0 Å². The van der Waals surface area contributed by atoms with Crippen LogP contribution < -0.4 is 0 Å². The average Bonchev–Trinajstić information content (AvgIpc) is 2.21. The Morgan fingerprint density at radius 1 is 0.550 bits per heavy atom. The molecule has 0 amide bonds. The van der Waals surface area contributed by atoms with Crippen LogP contribution in [0, 0.1) is 0 Å². The smallest absolute Gasteiger partial charge is 0.121 e. The zero-order chi connectivity index (χ0) is 16.4. The first-order valence-electron chi connectivity index (χ1n) is 7.00. The summed E-state index contributed by atoms with van der Waals surface area (Å²) in [7, 11) is 0. The molecule has 0 atom stereocenters. The molecule has 20 heavy (non-hydrogen) atoms. The molecule has 0 aliphatic heterocycles. The molecule has 0 spiro atoms. The van der Waals surface area contributed by atoms with Crippen molar-refractivity contribution in [3.8, 4) is 0 Å². The average molecular weight is 288 g/mol. The maximum absolute atomic E-state index is 5.54. The van der Waals surface area contributed by atoms with Crippen LogP contribution in [0.5, 0.6) is 0 Å². The van der Waals surface area contributed by atoms with Crippen LogP contribution in [0.15, 0.2) is 12.2 Å². The van der Waals surface area contributed by atoms with Gasteiger partial charge in [-0.05, 0) is 74.8 Å². The predicted molar refractivity (Wildman–Crippen MR) is 81.1 cm³/mol. The molecule has 0 aliphatic rings. The predicted octanol–water partition coefficient (Wildman–Crippen LogP) is 4.59. The van der Waals surface area contributed by atoms with Crippen molar-refractivity contribution in [1.82, 2.24) is 0 Å². The highest BCUT2D eigenvalue weighted by molar-refractivity contribution is 5.19. The van der Waals surface area contributed by atoms with E-state index in [9.17, 15) is 0 Å². The van der Waals surface area contributed by atoms with Gasteiger partial charge in [0.2, 0.25) is 0 Å². The van der Waals surface area contributed by atoms with Crippen molar-refractivity contribution in [2.45, 2.75) is 91.6 Å². The van der Waals surface area contributed by atoms with Crippen molar-refractivity contribution in [3.05, 3.63) is 12.2 Å². The standard InChI is InChI=1S/C16H32O4/c1-12(15(8,9)19-17-13(2,3)4)16(10,11)20-18-14(5,6)7/h1H2,2-11H3. The van der Waals surface area contributed by atoms with Crippen LogP contribution in [0.1, 0.15) is 69.2 Å². The first kappa shape index (κ1) is 19.6. The first-order valence-corrected chi connectivity index (χ1v) is 7.00. The van der Waals surface area contributed by atoms with Crippen LogP contribution >= 0.6 is 0 Å². The second-order valence-electron chi connectivity index (χ2n) is 8.06. The molecule has 0 rings (SSSR count). The molecule has 0 aliphatic carbocycles. The highest BCUT2D eigenvalue weighted by Gasteiger charge is 2.38. The van der Waals surface area contributed by atoms with Crippen molar-refractivity contribution >= 4 is 0 Å². The fourth-order valence-electron chi connectivity index (χ4n) is 1.28. The van der Waals surface area contributed by atoms with Gasteiger partial charge in [-0.15, -0.1) is 0 Å². The summed E-state index contributed by atoms with van der Waals surface area (Å²) in [6.45, 7) is 23.2. The second kappa shape index (κ2) is 6.14. The highest BCUT2D eigenvalue weighted by atomic mass is 17.2. The van der Waals surface area contributed by atoms with Gasteiger partial charge in [-0.3, -0.25) is 0 Å². The van der Waals surface area contributed by atoms with Crippen LogP contribution in [0.2, 0.25) is 0 Å². The fourth-order valence-corrected chi connectivity index (χ4v) is 1.28. The molecule has 4 heteroatoms. The summed E-state index contributed by atoms with van der Waals surface area (Å²) in [6, 6.07) is 0. The molecule has 0 fully saturated rings. The second-order valence-corrected chi connectivity index (χ2v) is 8.06. The van der Waals surface area contributed by atoms with Crippen molar-refractivity contribution in [2.75, 3.05) is 0 Å². The van der Waals surface area contributed by atoms with Gasteiger partial charge in [0.05, 0.1) is 11.2 Å². The first-order chi connectivity index (χ1) is 8.57. The van der Waals surface area contributed by atoms with E-state index in [0.717, 1.165) is 5.57 Å². The van der Waals surface area contributed by atoms with E-state index in [4.69, 9.17) is 19.6 Å². The molecule has 0 aromatic heterocycles. The van der Waals surface area contributed by atoms with E-state index in [1.54, 1.807) is 0 Å². The summed E-state index contributed by atoms with van der Waals surface area (Å²) in [5, 5.41) is 0. The third-order valence-corrected chi connectivity index (χ3v) is 2.45. The molecule has 0 bridgehead atoms. The van der Waals surface area contributed by atoms with Gasteiger partial charge in [-0.2, -0.15) is 0 Å². The monoisotopic (exact) mass is 288 g/mol. The van der Waals surface area contributed by atoms with Crippen molar-refractivity contribution in [1.29, 1.82) is 0 Å². The molecule has 4 nitrogen and oxygen atoms in total. The topological polar surface area (TPSA) is 36.9 Å². The number of hydrogen-bond acceptors (Lipinski definition) is 4. The van der Waals surface area contributed by atoms with Crippen molar-refractivity contribution < 1.29 is 19.6 Å². The van der Waals surface area contributed by atoms with Gasteiger partial charge in [0.15, 0.2) is 0 Å². The Balaban J connectivity index is 4.75. The lowest BCUT2D eigenvalue weighted by Crippen LogP contribution is -2.43. The quantitative estimate of drug-likeness (QED) is 0.407. The summed E-state index contributed by atoms with van der Waals surface area (Å²) in [4.78, 5) is 21.9. The lowest BCUT2D eigenvalue weighted by molar-refractivity contribution is -0.410. The number of hydrogen-bond donors (Lipinski definition) is 0. The zero-order valence-electron chi connectivity index (χ0n) is 14.8. The minimum atomic E-state index is -0.696. The molecular weight excluding hydrogens is 256 g/mol. The van der Waals surface area contributed by atoms with E-state index in [1.807, 2.05) is 69.2 Å². The van der Waals surface area contributed by atoms with Crippen molar-refractivity contribution in [2.24, 2.45) is 0 Å². The van der Waals surface area contributed by atoms with E-state index >= 15 is 0 Å². The van der Waals surface area contributed by atoms with Gasteiger partial charge < -0.3 is 0 Å². The van der Waals surface area contributed by atoms with E-state index in [2.05, 4.69) is 6.58 Å². The van der Waals surface area contributed by atoms with Crippen LogP contribution in [-0.2, 0) is 19.6 Å². The molecule has 120 valence electrons. The van der Waals surface area contributed by atoms with Gasteiger partial charge in [0.25, 0.3) is 0 Å². The van der Waals surface area contributed by atoms with E-state index in [-0.39, 0.29) is 11.2 Å². The molecule has 0 aromatic rings. The molecule has 0 saturated heterocycles. The SMILES string of the molecule is C=C(C(C)(C)OOC(C)(C)C)C(C)(C)OOC(C)(C)C. The fraction of sp³-hybridized carbons (Fsp3) is 0.875. The van der Waals surface area contributed by atoms with Crippen LogP contribution in [0.3, 0.4) is 0 Å². The molecule has 0 radical (unpaired) electrons. The Morgan fingerprint density at radius 3 is 1.00 bits per heavy atom. The van der Waals surface area contributed by atoms with Gasteiger partial charge in [-0.25, -0.2) is 19.6 Å². The molecule has 0 aromatic carbocycles. The van der Waals surface area contributed by atoms with Crippen LogP contribution in [-0.4, -0.2) is 22.4 Å². The molecule has 0 N–H and O–H groups in total. The molecule has 0 saturated carbocycles. The summed E-state index contributed by atoms with van der Waals surface area (Å²) in [5.41, 5.74) is -1.43. The highest BCUT2D eigenvalue weighted by Crippen LogP contribution is 2.33. The summed E-state index contributed by atoms with van der Waals surface area (Å²) in [6.07, 6.45) is 0. The van der Waals surface area contributed by atoms with Crippen LogP contribution in [0.4, 0.5) is 0 Å². The third kappa shape index (κ3) is 7.39. The maximum atomic E-state index is 5.54. The Bertz CT molecular complexity index is 297. The Kier molecular flexibility index (Phi) is 6.01. The number of rotatable bonds is 6. The van der Waals surface area contributed by atoms with E-state index < -0.39 is 11.2 Å².